The quantitative estimate of drug-likeness (QED) is 0.144. The number of hydrogen-bond donors (Lipinski definition) is 1. The van der Waals surface area contributed by atoms with Gasteiger partial charge in [0.2, 0.25) is 0 Å². The number of alkyl halides is 23. The van der Waals surface area contributed by atoms with E-state index >= 15 is 0 Å². The summed E-state index contributed by atoms with van der Waals surface area (Å²) < 4.78 is 339. The summed E-state index contributed by atoms with van der Waals surface area (Å²) in [6.07, 6.45) is -9.43. The molecule has 0 aromatic carbocycles. The van der Waals surface area contributed by atoms with E-state index in [9.17, 15) is 114 Å². The van der Waals surface area contributed by atoms with Gasteiger partial charge in [-0.2, -0.15) is 109 Å². The van der Waals surface area contributed by atoms with E-state index in [-0.39, 0.29) is 0 Å². The van der Waals surface area contributed by atoms with Crippen molar-refractivity contribution in [2.24, 2.45) is 0 Å². The van der Waals surface area contributed by atoms with E-state index < -0.39 is 112 Å². The second-order valence-corrected chi connectivity index (χ2v) is 10.3. The SMILES string of the molecule is CCN(CCCS(=O)(=O)O)C(=O)C(F)(F)C(F)(F)C(F)(F)C(F)(F)C(F)(F)C(F)(F)C(F)(F)C(F)(F)C(F)(F)C(F)(F)C(F)(F)F. The van der Waals surface area contributed by atoms with Crippen LogP contribution >= 0.6 is 0 Å². The summed E-state index contributed by atoms with van der Waals surface area (Å²) in [4.78, 5) is 10.8. The van der Waals surface area contributed by atoms with Gasteiger partial charge in [0.05, 0.1) is 5.75 Å². The molecule has 0 saturated carbocycles. The first-order chi connectivity index (χ1) is 19.6. The van der Waals surface area contributed by atoms with Crippen LogP contribution in [0.3, 0.4) is 0 Å². The Balaban J connectivity index is 7.13. The Morgan fingerprint density at radius 3 is 1.02 bits per heavy atom. The van der Waals surface area contributed by atoms with E-state index in [4.69, 9.17) is 4.55 Å². The minimum absolute atomic E-state index is 0.460. The van der Waals surface area contributed by atoms with Gasteiger partial charge in [0.1, 0.15) is 0 Å². The first kappa shape index (κ1) is 43.8. The highest BCUT2D eigenvalue weighted by atomic mass is 32.2. The van der Waals surface area contributed by atoms with Crippen LogP contribution in [0.2, 0.25) is 0 Å². The van der Waals surface area contributed by atoms with Crippen LogP contribution in [0.5, 0.6) is 0 Å². The van der Waals surface area contributed by atoms with Gasteiger partial charge in [-0.15, -0.1) is 0 Å². The molecular weight excluding hydrogens is 751 g/mol. The molecule has 0 atom stereocenters. The molecule has 1 N–H and O–H groups in total. The summed E-state index contributed by atoms with van der Waals surface area (Å²) in [6.45, 7) is -2.58. The second kappa shape index (κ2) is 11.7. The predicted octanol–water partition coefficient (Wildman–Crippen LogP) is 7.03. The Labute approximate surface area is 238 Å². The number of amides is 1. The lowest BCUT2D eigenvalue weighted by molar-refractivity contribution is -0.477. The van der Waals surface area contributed by atoms with Crippen LogP contribution < -0.4 is 0 Å². The van der Waals surface area contributed by atoms with E-state index in [1.54, 1.807) is 0 Å². The van der Waals surface area contributed by atoms with Crippen molar-refractivity contribution >= 4 is 16.0 Å². The second-order valence-electron chi connectivity index (χ2n) is 8.77. The van der Waals surface area contributed by atoms with Crippen molar-refractivity contribution in [3.8, 4) is 0 Å². The monoisotopic (exact) mass is 763 g/mol. The molecule has 29 heteroatoms. The van der Waals surface area contributed by atoms with E-state index in [1.807, 2.05) is 0 Å². The maximum absolute atomic E-state index is 14.1. The highest BCUT2D eigenvalue weighted by molar-refractivity contribution is 7.85. The van der Waals surface area contributed by atoms with Crippen molar-refractivity contribution in [2.75, 3.05) is 18.8 Å². The lowest BCUT2D eigenvalue weighted by atomic mass is 9.85. The Bertz CT molecular complexity index is 1230. The van der Waals surface area contributed by atoms with Crippen LogP contribution in [-0.4, -0.2) is 108 Å². The highest BCUT2D eigenvalue weighted by Gasteiger charge is 2.99. The van der Waals surface area contributed by atoms with Gasteiger partial charge in [-0.05, 0) is 13.3 Å². The molecule has 0 fully saturated rings. The number of hydrogen-bond acceptors (Lipinski definition) is 3. The van der Waals surface area contributed by atoms with Gasteiger partial charge in [-0.3, -0.25) is 9.35 Å². The lowest BCUT2D eigenvalue weighted by Crippen LogP contribution is -2.78. The minimum atomic E-state index is -9.55. The zero-order chi connectivity index (χ0) is 38.0. The molecule has 5 nitrogen and oxygen atoms in total. The molecule has 0 bridgehead atoms. The van der Waals surface area contributed by atoms with Gasteiger partial charge in [0.15, 0.2) is 0 Å². The van der Waals surface area contributed by atoms with Crippen LogP contribution in [0.1, 0.15) is 13.3 Å². The Hall–Kier alpha value is -2.23. The maximum atomic E-state index is 14.1. The molecule has 0 aromatic heterocycles. The van der Waals surface area contributed by atoms with Gasteiger partial charge >= 0.3 is 65.4 Å². The molecule has 0 aromatic rings. The molecular formula is C17H12F23NO4S. The molecule has 0 spiro atoms. The number of nitrogens with zero attached hydrogens (tertiary/aromatic N) is 1. The summed E-state index contributed by atoms with van der Waals surface area (Å²) in [5, 5.41) is 0. The third-order valence-electron chi connectivity index (χ3n) is 5.67. The summed E-state index contributed by atoms with van der Waals surface area (Å²) >= 11 is 0. The molecule has 0 aliphatic carbocycles. The van der Waals surface area contributed by atoms with Gasteiger partial charge in [0, 0.05) is 13.1 Å². The topological polar surface area (TPSA) is 74.7 Å². The molecule has 0 unspecified atom stereocenters. The zero-order valence-electron chi connectivity index (χ0n) is 21.0. The third-order valence-corrected chi connectivity index (χ3v) is 6.48. The summed E-state index contributed by atoms with van der Waals surface area (Å²) in [5.41, 5.74) is 0. The van der Waals surface area contributed by atoms with Crippen LogP contribution in [0.4, 0.5) is 101 Å². The molecule has 0 radical (unpaired) electrons. The maximum Gasteiger partial charge on any atom is 0.460 e. The smallest absolute Gasteiger partial charge is 0.338 e. The van der Waals surface area contributed by atoms with Crippen LogP contribution in [-0.2, 0) is 14.9 Å². The molecule has 1 amide bonds. The fourth-order valence-corrected chi connectivity index (χ4v) is 3.42. The first-order valence-corrected chi connectivity index (χ1v) is 12.3. The van der Waals surface area contributed by atoms with Crippen molar-refractivity contribution in [1.82, 2.24) is 4.90 Å². The number of rotatable bonds is 15. The summed E-state index contributed by atoms with van der Waals surface area (Å²) in [5.74, 6) is -95.6. The minimum Gasteiger partial charge on any atom is -0.338 e. The number of carbonyl (C=O) groups excluding carboxylic acids is 1. The highest BCUT2D eigenvalue weighted by Crippen LogP contribution is 2.67. The molecule has 0 rings (SSSR count). The number of halogens is 23. The molecule has 0 heterocycles. The number of carbonyl (C=O) groups is 1. The van der Waals surface area contributed by atoms with Gasteiger partial charge in [-0.1, -0.05) is 0 Å². The fourth-order valence-electron chi connectivity index (χ4n) is 2.93. The molecule has 0 saturated heterocycles. The Morgan fingerprint density at radius 2 is 0.783 bits per heavy atom. The predicted molar refractivity (Wildman–Crippen MR) is 98.8 cm³/mol. The molecule has 0 aliphatic rings. The van der Waals surface area contributed by atoms with E-state index in [1.165, 1.54) is 0 Å². The molecule has 0 aliphatic heterocycles. The Morgan fingerprint density at radius 1 is 0.522 bits per heavy atom. The Kier molecular flexibility index (Phi) is 11.2. The molecule has 276 valence electrons. The van der Waals surface area contributed by atoms with Gasteiger partial charge in [-0.25, -0.2) is 0 Å². The van der Waals surface area contributed by atoms with Crippen LogP contribution in [0.25, 0.3) is 0 Å². The van der Waals surface area contributed by atoms with E-state index in [2.05, 4.69) is 0 Å². The van der Waals surface area contributed by atoms with E-state index in [0.29, 0.717) is 6.92 Å². The lowest BCUT2D eigenvalue weighted by Gasteiger charge is -2.45. The van der Waals surface area contributed by atoms with Crippen LogP contribution in [0, 0.1) is 0 Å². The van der Waals surface area contributed by atoms with Crippen LogP contribution in [0.15, 0.2) is 0 Å². The van der Waals surface area contributed by atoms with Gasteiger partial charge < -0.3 is 4.90 Å². The summed E-state index contributed by atoms with van der Waals surface area (Å²) in [7, 11) is -5.04. The fraction of sp³-hybridized carbons (Fsp3) is 0.941. The van der Waals surface area contributed by atoms with Crippen molar-refractivity contribution in [3.05, 3.63) is 0 Å². The van der Waals surface area contributed by atoms with Crippen molar-refractivity contribution in [2.45, 2.75) is 78.7 Å². The third kappa shape index (κ3) is 6.09. The van der Waals surface area contributed by atoms with Crippen molar-refractivity contribution < 1.29 is 119 Å². The largest absolute Gasteiger partial charge is 0.460 e. The first-order valence-electron chi connectivity index (χ1n) is 10.7. The summed E-state index contributed by atoms with van der Waals surface area (Å²) in [6, 6.07) is 0. The zero-order valence-corrected chi connectivity index (χ0v) is 21.9. The average Bonchev–Trinajstić information content (AvgIpc) is 2.83. The van der Waals surface area contributed by atoms with E-state index in [0.717, 1.165) is 0 Å². The van der Waals surface area contributed by atoms with Gasteiger partial charge in [0.25, 0.3) is 16.0 Å². The van der Waals surface area contributed by atoms with Crippen molar-refractivity contribution in [3.63, 3.8) is 0 Å². The average molecular weight is 763 g/mol. The molecule has 46 heavy (non-hydrogen) atoms. The van der Waals surface area contributed by atoms with Crippen molar-refractivity contribution in [1.29, 1.82) is 0 Å². The standard InChI is InChI=1S/C17H12F23NO4S/c1-2-41(4-3-5-46(43,44)45)6(42)7(18,19)8(20,21)9(22,23)10(24,25)11(26,27)12(28,29)13(30,31)14(32,33)15(34,35)16(36,37)17(38,39)40/h2-5H2,1H3,(H,43,44,45). The normalized spacial score (nSPS) is 16.1.